The molecule has 78 valence electrons. The summed E-state index contributed by atoms with van der Waals surface area (Å²) in [6.07, 6.45) is 0. The lowest BCUT2D eigenvalue weighted by atomic mass is 10.1. The third-order valence-corrected chi connectivity index (χ3v) is 3.07. The fourth-order valence-corrected chi connectivity index (χ4v) is 2.23. The van der Waals surface area contributed by atoms with Crippen LogP contribution < -0.4 is 5.36 Å². The molecule has 2 aromatic carbocycles. The van der Waals surface area contributed by atoms with E-state index in [0.717, 1.165) is 21.8 Å². The SMILES string of the molecule is Cn1c2ccccc2c(=N)c2ccccc21. The molecule has 0 radical (unpaired) electrons. The molecule has 0 saturated heterocycles. The summed E-state index contributed by atoms with van der Waals surface area (Å²) in [5.74, 6) is 0. The molecule has 3 rings (SSSR count). The van der Waals surface area contributed by atoms with E-state index in [1.807, 2.05) is 43.4 Å². The lowest BCUT2D eigenvalue weighted by Gasteiger charge is -2.10. The van der Waals surface area contributed by atoms with Gasteiger partial charge in [0.25, 0.3) is 0 Å². The van der Waals surface area contributed by atoms with Gasteiger partial charge in [-0.25, -0.2) is 0 Å². The Morgan fingerprint density at radius 2 is 1.25 bits per heavy atom. The Kier molecular flexibility index (Phi) is 1.83. The summed E-state index contributed by atoms with van der Waals surface area (Å²) in [5, 5.41) is 10.8. The molecule has 0 saturated carbocycles. The molecule has 0 bridgehead atoms. The largest absolute Gasteiger partial charge is 0.344 e. The quantitative estimate of drug-likeness (QED) is 0.550. The van der Waals surface area contributed by atoms with Gasteiger partial charge < -0.3 is 4.57 Å². The van der Waals surface area contributed by atoms with E-state index in [1.54, 1.807) is 0 Å². The van der Waals surface area contributed by atoms with Crippen molar-refractivity contribution in [2.24, 2.45) is 7.05 Å². The van der Waals surface area contributed by atoms with Crippen LogP contribution in [0.2, 0.25) is 0 Å². The van der Waals surface area contributed by atoms with Gasteiger partial charge in [-0.1, -0.05) is 36.4 Å². The van der Waals surface area contributed by atoms with Crippen LogP contribution in [0.4, 0.5) is 0 Å². The molecule has 1 N–H and O–H groups in total. The number of pyridine rings is 1. The fraction of sp³-hybridized carbons (Fsp3) is 0.0714. The molecule has 0 aliphatic rings. The predicted octanol–water partition coefficient (Wildman–Crippen LogP) is 2.81. The van der Waals surface area contributed by atoms with Crippen LogP contribution in [0.1, 0.15) is 0 Å². The maximum absolute atomic E-state index is 8.22. The number of nitrogens with zero attached hydrogens (tertiary/aromatic N) is 1. The summed E-state index contributed by atoms with van der Waals surface area (Å²) < 4.78 is 2.14. The summed E-state index contributed by atoms with van der Waals surface area (Å²) in [4.78, 5) is 0. The van der Waals surface area contributed by atoms with Crippen molar-refractivity contribution < 1.29 is 0 Å². The number of aromatic nitrogens is 1. The number of rotatable bonds is 0. The predicted molar refractivity (Wildman–Crippen MR) is 66.3 cm³/mol. The highest BCUT2D eigenvalue weighted by atomic mass is 14.9. The second kappa shape index (κ2) is 3.20. The summed E-state index contributed by atoms with van der Waals surface area (Å²) >= 11 is 0. The van der Waals surface area contributed by atoms with Gasteiger partial charge in [0, 0.05) is 17.8 Å². The molecular formula is C14H12N2. The Morgan fingerprint density at radius 1 is 0.812 bits per heavy atom. The average Bonchev–Trinajstić information content (AvgIpc) is 2.36. The topological polar surface area (TPSA) is 28.8 Å². The Bertz CT molecular complexity index is 678. The first-order valence-electron chi connectivity index (χ1n) is 5.30. The van der Waals surface area contributed by atoms with E-state index in [4.69, 9.17) is 5.41 Å². The number of benzene rings is 2. The van der Waals surface area contributed by atoms with Gasteiger partial charge >= 0.3 is 0 Å². The second-order valence-electron chi connectivity index (χ2n) is 3.97. The lowest BCUT2D eigenvalue weighted by Crippen LogP contribution is -2.08. The normalized spacial score (nSPS) is 11.1. The van der Waals surface area contributed by atoms with Crippen LogP contribution in [0.15, 0.2) is 48.5 Å². The first-order valence-corrected chi connectivity index (χ1v) is 5.30. The van der Waals surface area contributed by atoms with Crippen LogP contribution in [0.5, 0.6) is 0 Å². The van der Waals surface area contributed by atoms with Crippen LogP contribution in [0.25, 0.3) is 21.8 Å². The molecule has 2 heteroatoms. The Hall–Kier alpha value is -2.09. The van der Waals surface area contributed by atoms with E-state index < -0.39 is 0 Å². The number of hydrogen-bond donors (Lipinski definition) is 1. The standard InChI is InChI=1S/C14H12N2/c1-16-12-8-4-2-6-10(12)14(15)11-7-3-5-9-13(11)16/h2-9,15H,1H3. The van der Waals surface area contributed by atoms with E-state index in [1.165, 1.54) is 0 Å². The highest BCUT2D eigenvalue weighted by Crippen LogP contribution is 2.16. The van der Waals surface area contributed by atoms with E-state index >= 15 is 0 Å². The average molecular weight is 208 g/mol. The van der Waals surface area contributed by atoms with Gasteiger partial charge in [0.05, 0.1) is 16.4 Å². The minimum atomic E-state index is 0.615. The smallest absolute Gasteiger partial charge is 0.0726 e. The first kappa shape index (κ1) is 9.16. The minimum Gasteiger partial charge on any atom is -0.344 e. The zero-order chi connectivity index (χ0) is 11.1. The van der Waals surface area contributed by atoms with Crippen LogP contribution in [0.3, 0.4) is 0 Å². The molecule has 0 unspecified atom stereocenters. The monoisotopic (exact) mass is 208 g/mol. The minimum absolute atomic E-state index is 0.615. The van der Waals surface area contributed by atoms with Crippen molar-refractivity contribution in [3.8, 4) is 0 Å². The van der Waals surface area contributed by atoms with Crippen LogP contribution in [-0.2, 0) is 7.05 Å². The molecule has 16 heavy (non-hydrogen) atoms. The van der Waals surface area contributed by atoms with E-state index in [-0.39, 0.29) is 0 Å². The molecule has 1 aromatic heterocycles. The molecule has 0 aliphatic carbocycles. The van der Waals surface area contributed by atoms with Gasteiger partial charge in [-0.15, -0.1) is 0 Å². The van der Waals surface area contributed by atoms with Crippen molar-refractivity contribution in [3.63, 3.8) is 0 Å². The number of aryl methyl sites for hydroxylation is 1. The van der Waals surface area contributed by atoms with Crippen molar-refractivity contribution in [1.82, 2.24) is 4.57 Å². The van der Waals surface area contributed by atoms with E-state index in [0.29, 0.717) is 5.36 Å². The van der Waals surface area contributed by atoms with Crippen molar-refractivity contribution in [3.05, 3.63) is 53.9 Å². The fourth-order valence-electron chi connectivity index (χ4n) is 2.23. The zero-order valence-electron chi connectivity index (χ0n) is 9.07. The molecule has 2 nitrogen and oxygen atoms in total. The first-order chi connectivity index (χ1) is 7.79. The third kappa shape index (κ3) is 1.10. The van der Waals surface area contributed by atoms with Gasteiger partial charge in [-0.2, -0.15) is 0 Å². The maximum Gasteiger partial charge on any atom is 0.0726 e. The van der Waals surface area contributed by atoms with Crippen LogP contribution in [0, 0.1) is 5.41 Å². The number of para-hydroxylation sites is 2. The summed E-state index contributed by atoms with van der Waals surface area (Å²) in [5.41, 5.74) is 2.21. The third-order valence-electron chi connectivity index (χ3n) is 3.07. The van der Waals surface area contributed by atoms with Gasteiger partial charge in [0.1, 0.15) is 0 Å². The molecule has 0 atom stereocenters. The Labute approximate surface area is 93.3 Å². The van der Waals surface area contributed by atoms with Crippen LogP contribution >= 0.6 is 0 Å². The number of hydrogen-bond acceptors (Lipinski definition) is 1. The van der Waals surface area contributed by atoms with Crippen molar-refractivity contribution in [2.75, 3.05) is 0 Å². The van der Waals surface area contributed by atoms with Crippen LogP contribution in [-0.4, -0.2) is 4.57 Å². The van der Waals surface area contributed by atoms with E-state index in [9.17, 15) is 0 Å². The molecule has 0 amide bonds. The Balaban J connectivity index is 2.73. The summed E-state index contributed by atoms with van der Waals surface area (Å²) in [7, 11) is 2.05. The molecule has 1 heterocycles. The Morgan fingerprint density at radius 3 is 1.75 bits per heavy atom. The highest BCUT2D eigenvalue weighted by Gasteiger charge is 2.04. The summed E-state index contributed by atoms with van der Waals surface area (Å²) in [6, 6.07) is 16.1. The van der Waals surface area contributed by atoms with Gasteiger partial charge in [0.2, 0.25) is 0 Å². The van der Waals surface area contributed by atoms with Crippen molar-refractivity contribution in [1.29, 1.82) is 5.41 Å². The maximum atomic E-state index is 8.22. The van der Waals surface area contributed by atoms with Gasteiger partial charge in [-0.05, 0) is 12.1 Å². The summed E-state index contributed by atoms with van der Waals surface area (Å²) in [6.45, 7) is 0. The van der Waals surface area contributed by atoms with Gasteiger partial charge in [-0.3, -0.25) is 5.41 Å². The molecule has 0 aliphatic heterocycles. The molecule has 0 fully saturated rings. The van der Waals surface area contributed by atoms with E-state index in [2.05, 4.69) is 16.7 Å². The van der Waals surface area contributed by atoms with Gasteiger partial charge in [0.15, 0.2) is 0 Å². The van der Waals surface area contributed by atoms with Crippen molar-refractivity contribution in [2.45, 2.75) is 0 Å². The lowest BCUT2D eigenvalue weighted by molar-refractivity contribution is 0.999. The number of nitrogens with one attached hydrogen (secondary N) is 1. The van der Waals surface area contributed by atoms with Crippen molar-refractivity contribution >= 4 is 21.8 Å². The molecular weight excluding hydrogens is 196 g/mol. The second-order valence-corrected chi connectivity index (χ2v) is 3.97. The zero-order valence-corrected chi connectivity index (χ0v) is 9.07. The molecule has 0 spiro atoms. The highest BCUT2D eigenvalue weighted by molar-refractivity contribution is 5.92. The number of fused-ring (bicyclic) bond motifs is 2. The molecule has 3 aromatic rings.